The zero-order valence-corrected chi connectivity index (χ0v) is 18.7. The van der Waals surface area contributed by atoms with E-state index in [0.717, 1.165) is 18.8 Å². The summed E-state index contributed by atoms with van der Waals surface area (Å²) in [5.41, 5.74) is 5.57. The molecule has 3 rings (SSSR count). The Morgan fingerprint density at radius 2 is 1.57 bits per heavy atom. The van der Waals surface area contributed by atoms with Gasteiger partial charge in [0.25, 0.3) is 0 Å². The van der Waals surface area contributed by atoms with Gasteiger partial charge in [0.15, 0.2) is 0 Å². The van der Waals surface area contributed by atoms with Gasteiger partial charge in [-0.05, 0) is 63.4 Å². The van der Waals surface area contributed by atoms with Crippen LogP contribution in [0, 0.1) is 6.92 Å². The SMILES string of the molecule is CCCC(CCC)c1ccc(C)cc1.CCCCc1onc2c1CCCCC2. The average molecular weight is 384 g/mol. The summed E-state index contributed by atoms with van der Waals surface area (Å²) in [4.78, 5) is 0. The Kier molecular flexibility index (Phi) is 10.4. The Hall–Kier alpha value is -1.57. The van der Waals surface area contributed by atoms with Crippen molar-refractivity contribution in [3.8, 4) is 0 Å². The third kappa shape index (κ3) is 7.11. The lowest BCUT2D eigenvalue weighted by Crippen LogP contribution is -1.97. The van der Waals surface area contributed by atoms with Gasteiger partial charge in [-0.2, -0.15) is 0 Å². The largest absolute Gasteiger partial charge is 0.361 e. The van der Waals surface area contributed by atoms with Gasteiger partial charge in [0.1, 0.15) is 5.76 Å². The Morgan fingerprint density at radius 1 is 0.893 bits per heavy atom. The lowest BCUT2D eigenvalue weighted by molar-refractivity contribution is 0.371. The molecule has 2 aromatic rings. The minimum atomic E-state index is 0.783. The smallest absolute Gasteiger partial charge is 0.140 e. The van der Waals surface area contributed by atoms with Gasteiger partial charge in [-0.25, -0.2) is 0 Å². The van der Waals surface area contributed by atoms with E-state index >= 15 is 0 Å². The summed E-state index contributed by atoms with van der Waals surface area (Å²) in [6.07, 6.45) is 15.0. The fraction of sp³-hybridized carbons (Fsp3) is 0.654. The molecule has 2 nitrogen and oxygen atoms in total. The highest BCUT2D eigenvalue weighted by atomic mass is 16.5. The lowest BCUT2D eigenvalue weighted by atomic mass is 9.90. The normalized spacial score (nSPS) is 13.6. The minimum Gasteiger partial charge on any atom is -0.361 e. The number of nitrogens with zero attached hydrogens (tertiary/aromatic N) is 1. The molecule has 0 radical (unpaired) electrons. The highest BCUT2D eigenvalue weighted by Gasteiger charge is 2.17. The van der Waals surface area contributed by atoms with Crippen molar-refractivity contribution >= 4 is 0 Å². The molecule has 0 amide bonds. The van der Waals surface area contributed by atoms with Crippen LogP contribution < -0.4 is 0 Å². The van der Waals surface area contributed by atoms with Crippen LogP contribution in [0.5, 0.6) is 0 Å². The van der Waals surface area contributed by atoms with E-state index in [-0.39, 0.29) is 0 Å². The summed E-state index contributed by atoms with van der Waals surface area (Å²) in [5, 5.41) is 4.19. The molecule has 1 aliphatic carbocycles. The van der Waals surface area contributed by atoms with E-state index in [1.54, 1.807) is 0 Å². The third-order valence-corrected chi connectivity index (χ3v) is 5.87. The topological polar surface area (TPSA) is 26.0 Å². The molecule has 0 bridgehead atoms. The second-order valence-electron chi connectivity index (χ2n) is 8.38. The molecule has 0 aliphatic heterocycles. The third-order valence-electron chi connectivity index (χ3n) is 5.87. The molecule has 156 valence electrons. The van der Waals surface area contributed by atoms with E-state index in [1.807, 2.05) is 0 Å². The number of aromatic nitrogens is 1. The van der Waals surface area contributed by atoms with Crippen LogP contribution in [0.2, 0.25) is 0 Å². The quantitative estimate of drug-likeness (QED) is 0.432. The standard InChI is InChI=1S/C14H22.C12H19NO/c1-4-6-13(7-5-2)14-10-8-12(3)9-11-14;1-2-3-9-12-10-7-5-4-6-8-11(10)13-14-12/h8-11,13H,4-7H2,1-3H3;2-9H2,1H3. The van der Waals surface area contributed by atoms with Crippen LogP contribution in [-0.4, -0.2) is 5.16 Å². The summed E-state index contributed by atoms with van der Waals surface area (Å²) in [6.45, 7) is 8.92. The molecule has 1 aromatic carbocycles. The fourth-order valence-corrected chi connectivity index (χ4v) is 4.18. The second kappa shape index (κ2) is 12.8. The van der Waals surface area contributed by atoms with Crippen LogP contribution in [-0.2, 0) is 19.3 Å². The van der Waals surface area contributed by atoms with Crippen molar-refractivity contribution in [1.29, 1.82) is 0 Å². The zero-order valence-electron chi connectivity index (χ0n) is 18.7. The summed E-state index contributed by atoms with van der Waals surface area (Å²) >= 11 is 0. The molecule has 1 aliphatic rings. The molecule has 0 fully saturated rings. The highest BCUT2D eigenvalue weighted by Crippen LogP contribution is 2.26. The van der Waals surface area contributed by atoms with E-state index in [1.165, 1.54) is 92.4 Å². The molecule has 0 saturated heterocycles. The number of hydrogen-bond donors (Lipinski definition) is 0. The first-order valence-electron chi connectivity index (χ1n) is 11.7. The number of aryl methyl sites for hydroxylation is 3. The second-order valence-corrected chi connectivity index (χ2v) is 8.38. The summed E-state index contributed by atoms with van der Waals surface area (Å²) < 4.78 is 5.43. The lowest BCUT2D eigenvalue weighted by Gasteiger charge is -2.15. The highest BCUT2D eigenvalue weighted by molar-refractivity contribution is 5.25. The predicted molar refractivity (Wildman–Crippen MR) is 120 cm³/mol. The number of unbranched alkanes of at least 4 members (excludes halogenated alkanes) is 1. The maximum absolute atomic E-state index is 5.43. The maximum Gasteiger partial charge on any atom is 0.140 e. The Morgan fingerprint density at radius 3 is 2.21 bits per heavy atom. The number of benzene rings is 1. The van der Waals surface area contributed by atoms with Crippen molar-refractivity contribution < 1.29 is 4.52 Å². The molecule has 1 aromatic heterocycles. The first kappa shape index (κ1) is 22.7. The molecule has 0 N–H and O–H groups in total. The Labute approximate surface area is 173 Å². The van der Waals surface area contributed by atoms with Crippen molar-refractivity contribution in [3.05, 3.63) is 52.4 Å². The van der Waals surface area contributed by atoms with Crippen LogP contribution >= 0.6 is 0 Å². The van der Waals surface area contributed by atoms with Crippen LogP contribution in [0.3, 0.4) is 0 Å². The molecule has 28 heavy (non-hydrogen) atoms. The van der Waals surface area contributed by atoms with Gasteiger partial charge >= 0.3 is 0 Å². The van der Waals surface area contributed by atoms with Crippen molar-refractivity contribution in [1.82, 2.24) is 5.16 Å². The Balaban J connectivity index is 0.000000200. The molecule has 0 unspecified atom stereocenters. The molecule has 0 saturated carbocycles. The number of fused-ring (bicyclic) bond motifs is 1. The molecule has 0 spiro atoms. The maximum atomic E-state index is 5.43. The molecule has 0 atom stereocenters. The average Bonchev–Trinajstić information content (AvgIpc) is 2.93. The molecule has 1 heterocycles. The van der Waals surface area contributed by atoms with Crippen LogP contribution in [0.15, 0.2) is 28.8 Å². The first-order valence-corrected chi connectivity index (χ1v) is 11.7. The van der Waals surface area contributed by atoms with E-state index in [4.69, 9.17) is 4.52 Å². The van der Waals surface area contributed by atoms with Gasteiger partial charge in [0.05, 0.1) is 5.69 Å². The van der Waals surface area contributed by atoms with Gasteiger partial charge in [-0.3, -0.25) is 0 Å². The zero-order chi connectivity index (χ0) is 20.2. The van der Waals surface area contributed by atoms with Gasteiger partial charge in [-0.15, -0.1) is 0 Å². The van der Waals surface area contributed by atoms with Crippen molar-refractivity contribution in [3.63, 3.8) is 0 Å². The van der Waals surface area contributed by atoms with Gasteiger partial charge in [0.2, 0.25) is 0 Å². The predicted octanol–water partition coefficient (Wildman–Crippen LogP) is 7.96. The van der Waals surface area contributed by atoms with Gasteiger partial charge < -0.3 is 4.52 Å². The molecular formula is C26H41NO. The van der Waals surface area contributed by atoms with E-state index in [0.29, 0.717) is 0 Å². The van der Waals surface area contributed by atoms with Crippen LogP contribution in [0.1, 0.15) is 113 Å². The van der Waals surface area contributed by atoms with Crippen molar-refractivity contribution in [2.24, 2.45) is 0 Å². The summed E-state index contributed by atoms with van der Waals surface area (Å²) in [5.74, 6) is 1.95. The molecular weight excluding hydrogens is 342 g/mol. The van der Waals surface area contributed by atoms with E-state index in [9.17, 15) is 0 Å². The molecule has 2 heteroatoms. The van der Waals surface area contributed by atoms with Gasteiger partial charge in [-0.1, -0.05) is 81.4 Å². The number of rotatable bonds is 8. The van der Waals surface area contributed by atoms with Crippen molar-refractivity contribution in [2.45, 2.75) is 111 Å². The first-order chi connectivity index (χ1) is 13.7. The summed E-state index contributed by atoms with van der Waals surface area (Å²) in [6, 6.07) is 9.05. The minimum absolute atomic E-state index is 0.783. The Bertz CT molecular complexity index is 650. The van der Waals surface area contributed by atoms with Crippen LogP contribution in [0.25, 0.3) is 0 Å². The number of hydrogen-bond acceptors (Lipinski definition) is 2. The summed E-state index contributed by atoms with van der Waals surface area (Å²) in [7, 11) is 0. The fourth-order valence-electron chi connectivity index (χ4n) is 4.18. The monoisotopic (exact) mass is 383 g/mol. The van der Waals surface area contributed by atoms with Crippen LogP contribution in [0.4, 0.5) is 0 Å². The van der Waals surface area contributed by atoms with Gasteiger partial charge in [0, 0.05) is 12.0 Å². The van der Waals surface area contributed by atoms with E-state index < -0.39 is 0 Å². The van der Waals surface area contributed by atoms with Crippen molar-refractivity contribution in [2.75, 3.05) is 0 Å². The van der Waals surface area contributed by atoms with E-state index in [2.05, 4.69) is 57.1 Å².